The zero-order valence-corrected chi connectivity index (χ0v) is 14.0. The molecule has 1 aliphatic rings. The van der Waals surface area contributed by atoms with Crippen molar-refractivity contribution in [1.29, 1.82) is 0 Å². The molecule has 0 N–H and O–H groups in total. The first-order valence-electron chi connectivity index (χ1n) is 8.08. The van der Waals surface area contributed by atoms with Crippen LogP contribution >= 0.6 is 0 Å². The van der Waals surface area contributed by atoms with Crippen LogP contribution in [0.5, 0.6) is 5.75 Å². The molecular formula is C19H17N3O3. The van der Waals surface area contributed by atoms with Gasteiger partial charge in [-0.3, -0.25) is 9.69 Å². The predicted octanol–water partition coefficient (Wildman–Crippen LogP) is 3.36. The molecule has 1 atom stereocenters. The number of carbonyl (C=O) groups is 1. The van der Waals surface area contributed by atoms with Crippen LogP contribution in [-0.4, -0.2) is 22.2 Å². The van der Waals surface area contributed by atoms with Crippen molar-refractivity contribution in [1.82, 2.24) is 10.1 Å². The number of carbonyl (C=O) groups excluding carboxylic acids is 1. The van der Waals surface area contributed by atoms with E-state index in [1.807, 2.05) is 55.5 Å². The van der Waals surface area contributed by atoms with Gasteiger partial charge < -0.3 is 9.26 Å². The van der Waals surface area contributed by atoms with Gasteiger partial charge >= 0.3 is 0 Å². The number of hydrogen-bond acceptors (Lipinski definition) is 5. The normalized spacial score (nSPS) is 16.5. The van der Waals surface area contributed by atoms with Crippen LogP contribution in [0.4, 0.5) is 5.69 Å². The zero-order chi connectivity index (χ0) is 17.4. The van der Waals surface area contributed by atoms with Crippen LogP contribution in [0.15, 0.2) is 53.1 Å². The second-order valence-corrected chi connectivity index (χ2v) is 6.03. The Bertz CT molecular complexity index is 918. The summed E-state index contributed by atoms with van der Waals surface area (Å²) < 4.78 is 11.0. The maximum atomic E-state index is 12.5. The molecule has 1 aromatic heterocycles. The van der Waals surface area contributed by atoms with Gasteiger partial charge in [-0.15, -0.1) is 0 Å². The van der Waals surface area contributed by atoms with E-state index in [0.29, 0.717) is 23.2 Å². The minimum atomic E-state index is -0.547. The van der Waals surface area contributed by atoms with E-state index in [0.717, 1.165) is 11.1 Å². The summed E-state index contributed by atoms with van der Waals surface area (Å²) in [5, 5.41) is 4.03. The molecule has 0 saturated heterocycles. The van der Waals surface area contributed by atoms with Gasteiger partial charge in [0.15, 0.2) is 6.10 Å². The van der Waals surface area contributed by atoms with Crippen molar-refractivity contribution in [3.8, 4) is 17.1 Å². The van der Waals surface area contributed by atoms with Gasteiger partial charge in [0.1, 0.15) is 12.3 Å². The van der Waals surface area contributed by atoms with E-state index in [-0.39, 0.29) is 12.5 Å². The number of aromatic nitrogens is 2. The Hall–Kier alpha value is -3.15. The highest BCUT2D eigenvalue weighted by Gasteiger charge is 2.32. The Kier molecular flexibility index (Phi) is 3.72. The minimum Gasteiger partial charge on any atom is -0.479 e. The fourth-order valence-corrected chi connectivity index (χ4v) is 2.80. The minimum absolute atomic E-state index is 0.131. The second-order valence-electron chi connectivity index (χ2n) is 6.03. The Labute approximate surface area is 145 Å². The summed E-state index contributed by atoms with van der Waals surface area (Å²) in [5.74, 6) is 1.44. The van der Waals surface area contributed by atoms with Crippen LogP contribution in [0.2, 0.25) is 0 Å². The van der Waals surface area contributed by atoms with Gasteiger partial charge in [-0.05, 0) is 26.0 Å². The van der Waals surface area contributed by atoms with Gasteiger partial charge in [0.2, 0.25) is 11.7 Å². The molecule has 3 aromatic rings. The fourth-order valence-electron chi connectivity index (χ4n) is 2.80. The molecule has 6 heteroatoms. The largest absolute Gasteiger partial charge is 0.479 e. The topological polar surface area (TPSA) is 68.5 Å². The number of hydrogen-bond donors (Lipinski definition) is 0. The summed E-state index contributed by atoms with van der Waals surface area (Å²) >= 11 is 0. The second kappa shape index (κ2) is 6.05. The number of nitrogens with zero attached hydrogens (tertiary/aromatic N) is 3. The third-order valence-electron chi connectivity index (χ3n) is 4.14. The number of fused-ring (bicyclic) bond motifs is 1. The first kappa shape index (κ1) is 15.4. The monoisotopic (exact) mass is 335 g/mol. The number of aryl methyl sites for hydroxylation is 1. The standard InChI is InChI=1S/C19H17N3O3/c1-12-7-9-14(10-8-12)18-20-17(25-21-18)11-22-15-5-3-4-6-16(15)24-13(2)19(22)23/h3-10,13H,11H2,1-2H3/t13-/m0/s1. The lowest BCUT2D eigenvalue weighted by molar-refractivity contribution is -0.125. The molecule has 6 nitrogen and oxygen atoms in total. The molecule has 0 spiro atoms. The summed E-state index contributed by atoms with van der Waals surface area (Å²) in [5.41, 5.74) is 2.75. The van der Waals surface area contributed by atoms with E-state index in [9.17, 15) is 4.79 Å². The average Bonchev–Trinajstić information content (AvgIpc) is 3.08. The van der Waals surface area contributed by atoms with Gasteiger partial charge in [-0.1, -0.05) is 47.1 Å². The Morgan fingerprint density at radius 3 is 2.68 bits per heavy atom. The van der Waals surface area contributed by atoms with Gasteiger partial charge in [0.25, 0.3) is 5.91 Å². The fraction of sp³-hybridized carbons (Fsp3) is 0.211. The lowest BCUT2D eigenvalue weighted by Crippen LogP contribution is -2.44. The molecule has 0 fully saturated rings. The van der Waals surface area contributed by atoms with E-state index in [1.165, 1.54) is 0 Å². The molecule has 0 aliphatic carbocycles. The summed E-state index contributed by atoms with van der Waals surface area (Å²) in [4.78, 5) is 18.6. The van der Waals surface area contributed by atoms with Crippen molar-refractivity contribution in [2.24, 2.45) is 0 Å². The Morgan fingerprint density at radius 2 is 1.88 bits per heavy atom. The number of rotatable bonds is 3. The van der Waals surface area contributed by atoms with Gasteiger partial charge in [-0.25, -0.2) is 0 Å². The van der Waals surface area contributed by atoms with Gasteiger partial charge in [-0.2, -0.15) is 4.98 Å². The molecule has 2 heterocycles. The lowest BCUT2D eigenvalue weighted by Gasteiger charge is -2.31. The number of benzene rings is 2. The molecule has 126 valence electrons. The SMILES string of the molecule is Cc1ccc(-c2noc(CN3C(=O)[C@H](C)Oc4ccccc43)n2)cc1. The van der Waals surface area contributed by atoms with E-state index in [2.05, 4.69) is 10.1 Å². The van der Waals surface area contributed by atoms with Crippen molar-refractivity contribution in [3.63, 3.8) is 0 Å². The van der Waals surface area contributed by atoms with Crippen LogP contribution in [0.3, 0.4) is 0 Å². The zero-order valence-electron chi connectivity index (χ0n) is 14.0. The van der Waals surface area contributed by atoms with Crippen LogP contribution < -0.4 is 9.64 Å². The van der Waals surface area contributed by atoms with Crippen molar-refractivity contribution in [3.05, 3.63) is 60.0 Å². The maximum Gasteiger partial charge on any atom is 0.268 e. The quantitative estimate of drug-likeness (QED) is 0.734. The summed E-state index contributed by atoms with van der Waals surface area (Å²) in [6.07, 6.45) is -0.547. The van der Waals surface area contributed by atoms with E-state index in [4.69, 9.17) is 9.26 Å². The highest BCUT2D eigenvalue weighted by Crippen LogP contribution is 2.34. The molecular weight excluding hydrogens is 318 g/mol. The predicted molar refractivity (Wildman–Crippen MR) is 92.2 cm³/mol. The van der Waals surface area contributed by atoms with E-state index in [1.54, 1.807) is 11.8 Å². The average molecular weight is 335 g/mol. The first-order chi connectivity index (χ1) is 12.1. The van der Waals surface area contributed by atoms with E-state index < -0.39 is 6.10 Å². The third-order valence-corrected chi connectivity index (χ3v) is 4.14. The smallest absolute Gasteiger partial charge is 0.268 e. The van der Waals surface area contributed by atoms with Gasteiger partial charge in [0.05, 0.1) is 5.69 Å². The number of anilines is 1. The molecule has 25 heavy (non-hydrogen) atoms. The number of ether oxygens (including phenoxy) is 1. The molecule has 1 amide bonds. The molecule has 0 saturated carbocycles. The van der Waals surface area contributed by atoms with Crippen LogP contribution in [0.1, 0.15) is 18.4 Å². The molecule has 0 unspecified atom stereocenters. The van der Waals surface area contributed by atoms with Crippen LogP contribution in [-0.2, 0) is 11.3 Å². The highest BCUT2D eigenvalue weighted by molar-refractivity contribution is 5.99. The maximum absolute atomic E-state index is 12.5. The number of amides is 1. The summed E-state index contributed by atoms with van der Waals surface area (Å²) in [6.45, 7) is 3.97. The third kappa shape index (κ3) is 2.87. The summed E-state index contributed by atoms with van der Waals surface area (Å²) in [6, 6.07) is 15.3. The number of para-hydroxylation sites is 2. The Balaban J connectivity index is 1.62. The van der Waals surface area contributed by atoms with Gasteiger partial charge in [0, 0.05) is 5.56 Å². The molecule has 0 radical (unpaired) electrons. The first-order valence-corrected chi connectivity index (χ1v) is 8.08. The van der Waals surface area contributed by atoms with Crippen molar-refractivity contribution >= 4 is 11.6 Å². The highest BCUT2D eigenvalue weighted by atomic mass is 16.5. The van der Waals surface area contributed by atoms with Crippen LogP contribution in [0, 0.1) is 6.92 Å². The van der Waals surface area contributed by atoms with E-state index >= 15 is 0 Å². The molecule has 1 aliphatic heterocycles. The van der Waals surface area contributed by atoms with Crippen LogP contribution in [0.25, 0.3) is 11.4 Å². The van der Waals surface area contributed by atoms with Crippen molar-refractivity contribution in [2.45, 2.75) is 26.5 Å². The summed E-state index contributed by atoms with van der Waals surface area (Å²) in [7, 11) is 0. The van der Waals surface area contributed by atoms with Crippen molar-refractivity contribution in [2.75, 3.05) is 4.90 Å². The Morgan fingerprint density at radius 1 is 1.12 bits per heavy atom. The molecule has 0 bridgehead atoms. The lowest BCUT2D eigenvalue weighted by atomic mass is 10.1. The molecule has 4 rings (SSSR count). The molecule has 2 aromatic carbocycles. The van der Waals surface area contributed by atoms with Crippen molar-refractivity contribution < 1.29 is 14.1 Å².